The highest BCUT2D eigenvalue weighted by Crippen LogP contribution is 2.28. The quantitative estimate of drug-likeness (QED) is 0.498. The standard InChI is InChI=1S/C12H9N3O4/c16-11-7-8(15(18)19)4-5-9(11)14-12(17)10-3-1-2-6-13-10/h1-7,16H,(H,14,17). The Bertz CT molecular complexity index is 628. The fourth-order valence-corrected chi connectivity index (χ4v) is 1.42. The molecule has 7 nitrogen and oxygen atoms in total. The van der Waals surface area contributed by atoms with Crippen LogP contribution in [-0.4, -0.2) is 20.9 Å². The van der Waals surface area contributed by atoms with Crippen LogP contribution in [0.2, 0.25) is 0 Å². The summed E-state index contributed by atoms with van der Waals surface area (Å²) in [5, 5.41) is 22.5. The van der Waals surface area contributed by atoms with Gasteiger partial charge < -0.3 is 10.4 Å². The molecule has 19 heavy (non-hydrogen) atoms. The number of aromatic hydroxyl groups is 1. The van der Waals surface area contributed by atoms with Gasteiger partial charge >= 0.3 is 0 Å². The fraction of sp³-hybridized carbons (Fsp3) is 0. The van der Waals surface area contributed by atoms with Gasteiger partial charge in [0.1, 0.15) is 11.4 Å². The average Bonchev–Trinajstić information content (AvgIpc) is 2.41. The van der Waals surface area contributed by atoms with Gasteiger partial charge in [0.25, 0.3) is 11.6 Å². The summed E-state index contributed by atoms with van der Waals surface area (Å²) in [5.74, 6) is -0.886. The molecule has 96 valence electrons. The van der Waals surface area contributed by atoms with Crippen molar-refractivity contribution in [2.75, 3.05) is 5.32 Å². The Hall–Kier alpha value is -2.96. The maximum atomic E-state index is 11.8. The number of phenols is 1. The molecule has 1 aromatic carbocycles. The molecule has 7 heteroatoms. The molecule has 0 atom stereocenters. The molecular weight excluding hydrogens is 250 g/mol. The van der Waals surface area contributed by atoms with Gasteiger partial charge in [0.05, 0.1) is 16.7 Å². The van der Waals surface area contributed by atoms with Crippen LogP contribution in [0.1, 0.15) is 10.5 Å². The molecule has 0 aliphatic rings. The number of hydrogen-bond acceptors (Lipinski definition) is 5. The summed E-state index contributed by atoms with van der Waals surface area (Å²) in [5.41, 5.74) is 0.00911. The molecule has 0 aliphatic carbocycles. The summed E-state index contributed by atoms with van der Waals surface area (Å²) in [4.78, 5) is 25.5. The number of amides is 1. The van der Waals surface area contributed by atoms with Crippen LogP contribution in [0, 0.1) is 10.1 Å². The molecule has 0 aliphatic heterocycles. The van der Waals surface area contributed by atoms with Crippen molar-refractivity contribution in [2.24, 2.45) is 0 Å². The minimum Gasteiger partial charge on any atom is -0.506 e. The molecule has 0 saturated carbocycles. The van der Waals surface area contributed by atoms with E-state index < -0.39 is 10.8 Å². The third kappa shape index (κ3) is 2.83. The first-order chi connectivity index (χ1) is 9.08. The minimum atomic E-state index is -0.635. The molecule has 0 spiro atoms. The lowest BCUT2D eigenvalue weighted by molar-refractivity contribution is -0.384. The molecule has 0 fully saturated rings. The van der Waals surface area contributed by atoms with Gasteiger partial charge in [-0.05, 0) is 18.2 Å². The van der Waals surface area contributed by atoms with Gasteiger partial charge in [-0.3, -0.25) is 19.9 Å². The van der Waals surface area contributed by atoms with Gasteiger partial charge in [-0.15, -0.1) is 0 Å². The zero-order chi connectivity index (χ0) is 13.8. The molecule has 0 saturated heterocycles. The molecular formula is C12H9N3O4. The number of anilines is 1. The number of nitrogens with zero attached hydrogens (tertiary/aromatic N) is 2. The minimum absolute atomic E-state index is 0.0845. The largest absolute Gasteiger partial charge is 0.506 e. The van der Waals surface area contributed by atoms with Crippen LogP contribution in [0.4, 0.5) is 11.4 Å². The molecule has 1 aromatic heterocycles. The molecule has 2 N–H and O–H groups in total. The number of nitro groups is 1. The predicted octanol–water partition coefficient (Wildman–Crippen LogP) is 1.95. The van der Waals surface area contributed by atoms with E-state index >= 15 is 0 Å². The van der Waals surface area contributed by atoms with Crippen LogP contribution < -0.4 is 5.32 Å². The van der Waals surface area contributed by atoms with E-state index in [0.717, 1.165) is 6.07 Å². The van der Waals surface area contributed by atoms with Crippen LogP contribution in [0.5, 0.6) is 5.75 Å². The number of phenolic OH excluding ortho intramolecular Hbond substituents is 1. The van der Waals surface area contributed by atoms with E-state index in [1.54, 1.807) is 12.1 Å². The SMILES string of the molecule is O=C(Nc1ccc([N+](=O)[O-])cc1O)c1ccccn1. The molecule has 1 heterocycles. The Morgan fingerprint density at radius 3 is 2.68 bits per heavy atom. The van der Waals surface area contributed by atoms with Crippen molar-refractivity contribution in [3.05, 3.63) is 58.4 Å². The lowest BCUT2D eigenvalue weighted by Gasteiger charge is -2.06. The van der Waals surface area contributed by atoms with Gasteiger partial charge in [0.2, 0.25) is 0 Å². The molecule has 0 unspecified atom stereocenters. The van der Waals surface area contributed by atoms with Crippen molar-refractivity contribution in [2.45, 2.75) is 0 Å². The highest BCUT2D eigenvalue weighted by atomic mass is 16.6. The lowest BCUT2D eigenvalue weighted by Crippen LogP contribution is -2.13. The van der Waals surface area contributed by atoms with E-state index in [4.69, 9.17) is 0 Å². The van der Waals surface area contributed by atoms with Crippen LogP contribution in [0.25, 0.3) is 0 Å². The number of nitro benzene ring substituents is 1. The topological polar surface area (TPSA) is 105 Å². The first-order valence-corrected chi connectivity index (χ1v) is 5.28. The number of non-ortho nitro benzene ring substituents is 1. The zero-order valence-electron chi connectivity index (χ0n) is 9.61. The monoisotopic (exact) mass is 259 g/mol. The maximum Gasteiger partial charge on any atom is 0.274 e. The number of aromatic nitrogens is 1. The molecule has 2 aromatic rings. The van der Waals surface area contributed by atoms with Crippen molar-refractivity contribution >= 4 is 17.3 Å². The second-order valence-electron chi connectivity index (χ2n) is 3.63. The number of pyridine rings is 1. The van der Waals surface area contributed by atoms with E-state index in [0.29, 0.717) is 0 Å². The van der Waals surface area contributed by atoms with E-state index in [1.807, 2.05) is 0 Å². The normalized spacial score (nSPS) is 9.89. The van der Waals surface area contributed by atoms with Crippen LogP contribution in [-0.2, 0) is 0 Å². The van der Waals surface area contributed by atoms with Crippen molar-refractivity contribution < 1.29 is 14.8 Å². The Morgan fingerprint density at radius 1 is 1.32 bits per heavy atom. The highest BCUT2D eigenvalue weighted by molar-refractivity contribution is 6.03. The number of benzene rings is 1. The second kappa shape index (κ2) is 5.13. The molecule has 2 rings (SSSR count). The number of carbonyl (C=O) groups is 1. The molecule has 1 amide bonds. The summed E-state index contributed by atoms with van der Waals surface area (Å²) >= 11 is 0. The van der Waals surface area contributed by atoms with E-state index in [1.165, 1.54) is 24.4 Å². The predicted molar refractivity (Wildman–Crippen MR) is 67.0 cm³/mol. The highest BCUT2D eigenvalue weighted by Gasteiger charge is 2.13. The van der Waals surface area contributed by atoms with E-state index in [2.05, 4.69) is 10.3 Å². The van der Waals surface area contributed by atoms with Crippen LogP contribution >= 0.6 is 0 Å². The first-order valence-electron chi connectivity index (χ1n) is 5.28. The van der Waals surface area contributed by atoms with Gasteiger partial charge in [-0.2, -0.15) is 0 Å². The Morgan fingerprint density at radius 2 is 2.11 bits per heavy atom. The summed E-state index contributed by atoms with van der Waals surface area (Å²) < 4.78 is 0. The van der Waals surface area contributed by atoms with Gasteiger partial charge in [-0.1, -0.05) is 6.07 Å². The van der Waals surface area contributed by atoms with E-state index in [-0.39, 0.29) is 22.8 Å². The number of nitrogens with one attached hydrogen (secondary N) is 1. The van der Waals surface area contributed by atoms with Crippen molar-refractivity contribution in [3.63, 3.8) is 0 Å². The van der Waals surface area contributed by atoms with Crippen molar-refractivity contribution in [3.8, 4) is 5.75 Å². The van der Waals surface area contributed by atoms with Crippen LogP contribution in [0.15, 0.2) is 42.6 Å². The van der Waals surface area contributed by atoms with Gasteiger partial charge in [0, 0.05) is 12.3 Å². The van der Waals surface area contributed by atoms with Crippen LogP contribution in [0.3, 0.4) is 0 Å². The second-order valence-corrected chi connectivity index (χ2v) is 3.63. The Kier molecular flexibility index (Phi) is 3.37. The Balaban J connectivity index is 2.20. The average molecular weight is 259 g/mol. The first kappa shape index (κ1) is 12.5. The van der Waals surface area contributed by atoms with E-state index in [9.17, 15) is 20.0 Å². The number of hydrogen-bond donors (Lipinski definition) is 2. The summed E-state index contributed by atoms with van der Waals surface area (Å²) in [7, 11) is 0. The fourth-order valence-electron chi connectivity index (χ4n) is 1.42. The number of rotatable bonds is 3. The smallest absolute Gasteiger partial charge is 0.274 e. The zero-order valence-corrected chi connectivity index (χ0v) is 9.61. The van der Waals surface area contributed by atoms with Crippen molar-refractivity contribution in [1.29, 1.82) is 0 Å². The lowest BCUT2D eigenvalue weighted by atomic mass is 10.2. The summed E-state index contributed by atoms with van der Waals surface area (Å²) in [6.45, 7) is 0. The third-order valence-corrected chi connectivity index (χ3v) is 2.34. The summed E-state index contributed by atoms with van der Waals surface area (Å²) in [6, 6.07) is 8.24. The maximum absolute atomic E-state index is 11.8. The van der Waals surface area contributed by atoms with Gasteiger partial charge in [0.15, 0.2) is 0 Å². The molecule has 0 bridgehead atoms. The number of carbonyl (C=O) groups excluding carboxylic acids is 1. The Labute approximate surface area is 107 Å². The summed E-state index contributed by atoms with van der Waals surface area (Å²) in [6.07, 6.45) is 1.46. The third-order valence-electron chi connectivity index (χ3n) is 2.34. The van der Waals surface area contributed by atoms with Gasteiger partial charge in [-0.25, -0.2) is 0 Å². The molecule has 0 radical (unpaired) electrons. The van der Waals surface area contributed by atoms with Crippen molar-refractivity contribution in [1.82, 2.24) is 4.98 Å².